The van der Waals surface area contributed by atoms with Gasteiger partial charge in [0.05, 0.1) is 18.7 Å². The quantitative estimate of drug-likeness (QED) is 0.530. The number of methoxy groups -OCH3 is 1. The van der Waals surface area contributed by atoms with Gasteiger partial charge in [-0.05, 0) is 47.5 Å². The van der Waals surface area contributed by atoms with Gasteiger partial charge in [0, 0.05) is 26.3 Å². The van der Waals surface area contributed by atoms with Crippen LogP contribution in [0, 0.1) is 11.3 Å². The second kappa shape index (κ2) is 9.03. The van der Waals surface area contributed by atoms with Gasteiger partial charge in [0.15, 0.2) is 11.5 Å². The Hall–Kier alpha value is -3.98. The minimum atomic E-state index is -0.693. The molecule has 1 amide bonds. The number of carbonyl (C=O) groups is 1. The number of likely N-dealkylation sites (tertiary alicyclic amines) is 1. The zero-order chi connectivity index (χ0) is 22.7. The lowest BCUT2D eigenvalue weighted by Gasteiger charge is -2.47. The number of rotatable bonds is 7. The number of amides is 1. The van der Waals surface area contributed by atoms with Gasteiger partial charge in [0.2, 0.25) is 6.10 Å². The topological polar surface area (TPSA) is 65.8 Å². The fourth-order valence-electron chi connectivity index (χ4n) is 3.90. The van der Waals surface area contributed by atoms with Crippen molar-refractivity contribution in [1.82, 2.24) is 4.90 Å². The molecule has 1 aliphatic rings. The van der Waals surface area contributed by atoms with Crippen molar-refractivity contribution in [3.05, 3.63) is 89.5 Å². The van der Waals surface area contributed by atoms with E-state index in [-0.39, 0.29) is 11.9 Å². The lowest BCUT2D eigenvalue weighted by atomic mass is 9.89. The lowest BCUT2D eigenvalue weighted by molar-refractivity contribution is -0.165. The third kappa shape index (κ3) is 4.10. The van der Waals surface area contributed by atoms with Gasteiger partial charge in [-0.25, -0.2) is 0 Å². The van der Waals surface area contributed by atoms with Crippen LogP contribution in [-0.2, 0) is 11.3 Å². The Bertz CT molecular complexity index is 1150. The molecule has 1 heterocycles. The second-order valence-corrected chi connectivity index (χ2v) is 7.90. The predicted molar refractivity (Wildman–Crippen MR) is 123 cm³/mol. The van der Waals surface area contributed by atoms with Gasteiger partial charge >= 0.3 is 0 Å². The third-order valence-electron chi connectivity index (χ3n) is 5.63. The number of β-lactam (4-membered cyclic amide) rings is 1. The van der Waals surface area contributed by atoms with Crippen LogP contribution in [0.25, 0.3) is 0 Å². The molecule has 3 aromatic rings. The monoisotopic (exact) mass is 427 g/mol. The van der Waals surface area contributed by atoms with E-state index in [9.17, 15) is 10.1 Å². The molecule has 0 bridgehead atoms. The minimum Gasteiger partial charge on any atom is -0.493 e. The summed E-state index contributed by atoms with van der Waals surface area (Å²) in [4.78, 5) is 17.0. The largest absolute Gasteiger partial charge is 0.493 e. The van der Waals surface area contributed by atoms with E-state index in [4.69, 9.17) is 9.47 Å². The Morgan fingerprint density at radius 1 is 1.00 bits per heavy atom. The number of benzene rings is 3. The van der Waals surface area contributed by atoms with Crippen molar-refractivity contribution in [3.8, 4) is 17.6 Å². The summed E-state index contributed by atoms with van der Waals surface area (Å²) in [6, 6.07) is 24.6. The normalized spacial score (nSPS) is 17.3. The van der Waals surface area contributed by atoms with Crippen molar-refractivity contribution in [3.63, 3.8) is 0 Å². The van der Waals surface area contributed by atoms with E-state index in [2.05, 4.69) is 6.07 Å². The lowest BCUT2D eigenvalue weighted by Crippen LogP contribution is -2.60. The molecule has 3 aromatic carbocycles. The first-order valence-electron chi connectivity index (χ1n) is 10.4. The first kappa shape index (κ1) is 21.3. The Kier molecular flexibility index (Phi) is 6.00. The van der Waals surface area contributed by atoms with Crippen LogP contribution in [0.2, 0.25) is 0 Å². The summed E-state index contributed by atoms with van der Waals surface area (Å²) < 4.78 is 11.5. The number of hydrogen-bond acceptors (Lipinski definition) is 5. The van der Waals surface area contributed by atoms with E-state index in [0.717, 1.165) is 16.8 Å². The second-order valence-electron chi connectivity index (χ2n) is 7.90. The molecule has 0 N–H and O–H groups in total. The molecular formula is C26H25N3O3. The van der Waals surface area contributed by atoms with Gasteiger partial charge in [0.1, 0.15) is 6.04 Å². The summed E-state index contributed by atoms with van der Waals surface area (Å²) >= 11 is 0. The molecule has 32 heavy (non-hydrogen) atoms. The number of nitriles is 1. The molecular weight excluding hydrogens is 402 g/mol. The third-order valence-corrected chi connectivity index (χ3v) is 5.63. The molecule has 1 aliphatic heterocycles. The molecule has 6 heteroatoms. The van der Waals surface area contributed by atoms with Crippen molar-refractivity contribution in [2.75, 3.05) is 26.1 Å². The first-order chi connectivity index (χ1) is 15.5. The van der Waals surface area contributed by atoms with Crippen LogP contribution in [0.1, 0.15) is 22.7 Å². The van der Waals surface area contributed by atoms with Crippen molar-refractivity contribution in [2.45, 2.75) is 18.7 Å². The number of anilines is 1. The molecule has 1 saturated heterocycles. The molecule has 0 spiro atoms. The Morgan fingerprint density at radius 3 is 2.38 bits per heavy atom. The maximum absolute atomic E-state index is 13.2. The summed E-state index contributed by atoms with van der Waals surface area (Å²) in [6.07, 6.45) is -0.693. The first-order valence-corrected chi connectivity index (χ1v) is 10.4. The summed E-state index contributed by atoms with van der Waals surface area (Å²) in [6.45, 7) is 0.458. The van der Waals surface area contributed by atoms with E-state index >= 15 is 0 Å². The van der Waals surface area contributed by atoms with Crippen LogP contribution in [0.5, 0.6) is 11.5 Å². The smallest absolute Gasteiger partial charge is 0.267 e. The van der Waals surface area contributed by atoms with Crippen LogP contribution in [-0.4, -0.2) is 38.1 Å². The molecule has 2 atom stereocenters. The highest BCUT2D eigenvalue weighted by molar-refractivity contribution is 5.89. The van der Waals surface area contributed by atoms with Crippen molar-refractivity contribution in [1.29, 1.82) is 5.26 Å². The fraction of sp³-hybridized carbons (Fsp3) is 0.231. The maximum Gasteiger partial charge on any atom is 0.267 e. The van der Waals surface area contributed by atoms with Crippen LogP contribution >= 0.6 is 0 Å². The van der Waals surface area contributed by atoms with Gasteiger partial charge in [-0.3, -0.25) is 4.79 Å². The number of para-hydroxylation sites is 2. The number of ether oxygens (including phenoxy) is 2. The van der Waals surface area contributed by atoms with E-state index in [1.54, 1.807) is 30.2 Å². The van der Waals surface area contributed by atoms with Gasteiger partial charge < -0.3 is 19.3 Å². The zero-order valence-corrected chi connectivity index (χ0v) is 18.4. The Morgan fingerprint density at radius 2 is 1.72 bits per heavy atom. The van der Waals surface area contributed by atoms with Crippen molar-refractivity contribution < 1.29 is 14.3 Å². The molecule has 0 radical (unpaired) electrons. The molecule has 1 fully saturated rings. The van der Waals surface area contributed by atoms with E-state index in [1.807, 2.05) is 73.6 Å². The van der Waals surface area contributed by atoms with Crippen molar-refractivity contribution in [2.24, 2.45) is 0 Å². The van der Waals surface area contributed by atoms with Gasteiger partial charge in [-0.1, -0.05) is 36.4 Å². The number of carbonyl (C=O) groups excluding carboxylic acids is 1. The highest BCUT2D eigenvalue weighted by atomic mass is 16.5. The van der Waals surface area contributed by atoms with Crippen LogP contribution in [0.4, 0.5) is 5.69 Å². The average molecular weight is 428 g/mol. The van der Waals surface area contributed by atoms with E-state index < -0.39 is 6.10 Å². The van der Waals surface area contributed by atoms with Gasteiger partial charge in [-0.2, -0.15) is 5.26 Å². The molecule has 6 nitrogen and oxygen atoms in total. The average Bonchev–Trinajstić information content (AvgIpc) is 2.83. The Labute approximate surface area is 188 Å². The van der Waals surface area contributed by atoms with Crippen LogP contribution in [0.15, 0.2) is 72.8 Å². The van der Waals surface area contributed by atoms with Crippen LogP contribution in [0.3, 0.4) is 0 Å². The highest BCUT2D eigenvalue weighted by Crippen LogP contribution is 2.41. The summed E-state index contributed by atoms with van der Waals surface area (Å²) in [5.74, 6) is 0.993. The number of nitrogens with zero attached hydrogens (tertiary/aromatic N) is 3. The minimum absolute atomic E-state index is 0.0973. The van der Waals surface area contributed by atoms with Gasteiger partial charge in [0.25, 0.3) is 5.91 Å². The maximum atomic E-state index is 13.2. The molecule has 4 rings (SSSR count). The summed E-state index contributed by atoms with van der Waals surface area (Å²) in [5.41, 5.74) is 3.54. The summed E-state index contributed by atoms with van der Waals surface area (Å²) in [5, 5.41) is 9.35. The van der Waals surface area contributed by atoms with E-state index in [1.165, 1.54) is 0 Å². The SMILES string of the molecule is COc1ccccc1O[C@H]1C(=O)N(Cc2ccc(N(C)C)cc2)[C@@H]1c1cccc(C#N)c1. The molecule has 0 aromatic heterocycles. The molecule has 0 saturated carbocycles. The number of hydrogen-bond donors (Lipinski definition) is 0. The fourth-order valence-corrected chi connectivity index (χ4v) is 3.90. The summed E-state index contributed by atoms with van der Waals surface area (Å²) in [7, 11) is 5.56. The standard InChI is InChI=1S/C26H25N3O3/c1-28(2)21-13-11-18(12-14-21)17-29-24(20-8-6-7-19(15-20)16-27)25(26(29)30)32-23-10-5-4-9-22(23)31-3/h4-15,24-25H,17H2,1-3H3/t24-,25-/m1/s1. The highest BCUT2D eigenvalue weighted by Gasteiger charge is 2.50. The van der Waals surface area contributed by atoms with Gasteiger partial charge in [-0.15, -0.1) is 0 Å². The van der Waals surface area contributed by atoms with E-state index in [0.29, 0.717) is 23.6 Å². The predicted octanol–water partition coefficient (Wildman–Crippen LogP) is 4.16. The van der Waals surface area contributed by atoms with Crippen LogP contribution < -0.4 is 14.4 Å². The molecule has 0 unspecified atom stereocenters. The van der Waals surface area contributed by atoms with Crippen molar-refractivity contribution >= 4 is 11.6 Å². The molecule has 162 valence electrons. The Balaban J connectivity index is 1.63. The molecule has 0 aliphatic carbocycles. The zero-order valence-electron chi connectivity index (χ0n) is 18.4.